The second-order valence-electron chi connectivity index (χ2n) is 4.43. The molecule has 0 saturated carbocycles. The van der Waals surface area contributed by atoms with Crippen molar-refractivity contribution in [2.45, 2.75) is 13.0 Å². The Morgan fingerprint density at radius 2 is 1.89 bits per heavy atom. The maximum Gasteiger partial charge on any atom is 0.165 e. The van der Waals surface area contributed by atoms with Gasteiger partial charge < -0.3 is 10.5 Å². The molecule has 0 aromatic heterocycles. The van der Waals surface area contributed by atoms with Crippen molar-refractivity contribution >= 4 is 11.6 Å². The lowest BCUT2D eigenvalue weighted by atomic mass is 9.98. The summed E-state index contributed by atoms with van der Waals surface area (Å²) < 4.78 is 18.6. The number of aryl methyl sites for hydroxylation is 1. The number of hydrogen-bond donors (Lipinski definition) is 1. The number of methoxy groups -OCH3 is 1. The van der Waals surface area contributed by atoms with Crippen LogP contribution in [0.1, 0.15) is 22.7 Å². The number of benzene rings is 2. The van der Waals surface area contributed by atoms with Gasteiger partial charge in [-0.3, -0.25) is 0 Å². The van der Waals surface area contributed by atoms with Gasteiger partial charge >= 0.3 is 0 Å². The summed E-state index contributed by atoms with van der Waals surface area (Å²) in [5, 5.41) is 0.624. The number of rotatable bonds is 3. The van der Waals surface area contributed by atoms with Gasteiger partial charge in [0.2, 0.25) is 0 Å². The molecule has 0 heterocycles. The van der Waals surface area contributed by atoms with Crippen molar-refractivity contribution in [3.63, 3.8) is 0 Å². The fourth-order valence-corrected chi connectivity index (χ4v) is 2.31. The highest BCUT2D eigenvalue weighted by atomic mass is 35.5. The minimum Gasteiger partial charge on any atom is -0.494 e. The minimum atomic E-state index is -0.422. The zero-order valence-corrected chi connectivity index (χ0v) is 11.5. The Labute approximate surface area is 117 Å². The van der Waals surface area contributed by atoms with E-state index in [1.807, 2.05) is 19.1 Å². The minimum absolute atomic E-state index is 0.207. The molecule has 2 rings (SSSR count). The van der Waals surface area contributed by atoms with Gasteiger partial charge in [-0.15, -0.1) is 0 Å². The van der Waals surface area contributed by atoms with Crippen molar-refractivity contribution in [1.82, 2.24) is 0 Å². The molecule has 0 bridgehead atoms. The third-order valence-electron chi connectivity index (χ3n) is 2.96. The first-order valence-corrected chi connectivity index (χ1v) is 6.25. The first-order chi connectivity index (χ1) is 9.01. The second-order valence-corrected chi connectivity index (χ2v) is 4.87. The fourth-order valence-electron chi connectivity index (χ4n) is 2.01. The van der Waals surface area contributed by atoms with Crippen molar-refractivity contribution in [2.75, 3.05) is 7.11 Å². The number of hydrogen-bond acceptors (Lipinski definition) is 2. The predicted octanol–water partition coefficient (Wildman–Crippen LogP) is 3.84. The Morgan fingerprint density at radius 3 is 2.47 bits per heavy atom. The zero-order valence-electron chi connectivity index (χ0n) is 10.8. The SMILES string of the molecule is COc1ccc(C(N)c2cc(C)cc(Cl)c2)cc1F. The Bertz CT molecular complexity index is 580. The molecule has 100 valence electrons. The lowest BCUT2D eigenvalue weighted by Gasteiger charge is -2.14. The molecule has 1 atom stereocenters. The Balaban J connectivity index is 2.38. The van der Waals surface area contributed by atoms with Crippen LogP contribution in [0, 0.1) is 12.7 Å². The molecule has 0 saturated heterocycles. The van der Waals surface area contributed by atoms with E-state index in [2.05, 4.69) is 0 Å². The van der Waals surface area contributed by atoms with Crippen molar-refractivity contribution in [1.29, 1.82) is 0 Å². The summed E-state index contributed by atoms with van der Waals surface area (Å²) in [4.78, 5) is 0. The lowest BCUT2D eigenvalue weighted by molar-refractivity contribution is 0.386. The van der Waals surface area contributed by atoms with Crippen molar-refractivity contribution in [3.05, 3.63) is 63.9 Å². The van der Waals surface area contributed by atoms with Gasteiger partial charge in [0.05, 0.1) is 13.2 Å². The van der Waals surface area contributed by atoms with Gasteiger partial charge in [0.15, 0.2) is 11.6 Å². The summed E-state index contributed by atoms with van der Waals surface area (Å²) in [6.45, 7) is 1.94. The topological polar surface area (TPSA) is 35.2 Å². The summed E-state index contributed by atoms with van der Waals surface area (Å²) >= 11 is 6.01. The van der Waals surface area contributed by atoms with Gasteiger partial charge in [0.25, 0.3) is 0 Å². The van der Waals surface area contributed by atoms with E-state index in [-0.39, 0.29) is 5.75 Å². The molecule has 0 fully saturated rings. The van der Waals surface area contributed by atoms with Crippen molar-refractivity contribution in [2.24, 2.45) is 5.73 Å². The van der Waals surface area contributed by atoms with E-state index in [0.717, 1.165) is 11.1 Å². The molecule has 0 amide bonds. The van der Waals surface area contributed by atoms with Crippen LogP contribution in [-0.4, -0.2) is 7.11 Å². The summed E-state index contributed by atoms with van der Waals surface area (Å²) in [5.74, 6) is -0.215. The monoisotopic (exact) mass is 279 g/mol. The highest BCUT2D eigenvalue weighted by molar-refractivity contribution is 6.30. The van der Waals surface area contributed by atoms with E-state index in [1.165, 1.54) is 13.2 Å². The molecule has 0 spiro atoms. The molecule has 2 aromatic carbocycles. The van der Waals surface area contributed by atoms with E-state index in [0.29, 0.717) is 10.6 Å². The van der Waals surface area contributed by atoms with Gasteiger partial charge in [-0.25, -0.2) is 4.39 Å². The van der Waals surface area contributed by atoms with Gasteiger partial charge in [-0.1, -0.05) is 23.7 Å². The smallest absolute Gasteiger partial charge is 0.165 e. The van der Waals surface area contributed by atoms with Crippen LogP contribution in [0.4, 0.5) is 4.39 Å². The Kier molecular flexibility index (Phi) is 4.08. The number of halogens is 2. The van der Waals surface area contributed by atoms with Crippen LogP contribution in [0.3, 0.4) is 0 Å². The molecular formula is C15H15ClFNO. The largest absolute Gasteiger partial charge is 0.494 e. The summed E-state index contributed by atoms with van der Waals surface area (Å²) in [7, 11) is 1.43. The number of nitrogens with two attached hydrogens (primary N) is 1. The third-order valence-corrected chi connectivity index (χ3v) is 3.18. The van der Waals surface area contributed by atoms with Crippen LogP contribution in [0.15, 0.2) is 36.4 Å². The van der Waals surface area contributed by atoms with Crippen LogP contribution in [-0.2, 0) is 0 Å². The molecule has 0 aliphatic heterocycles. The van der Waals surface area contributed by atoms with Crippen molar-refractivity contribution in [3.8, 4) is 5.75 Å². The standard InChI is InChI=1S/C15H15ClFNO/c1-9-5-11(7-12(16)6-9)15(18)10-3-4-14(19-2)13(17)8-10/h3-8,15H,18H2,1-2H3. The molecule has 4 heteroatoms. The van der Waals surface area contributed by atoms with E-state index in [9.17, 15) is 4.39 Å². The second kappa shape index (κ2) is 5.59. The summed E-state index contributed by atoms with van der Waals surface area (Å²) in [6.07, 6.45) is 0. The molecule has 19 heavy (non-hydrogen) atoms. The molecule has 1 unspecified atom stereocenters. The van der Waals surface area contributed by atoms with Crippen LogP contribution in [0.25, 0.3) is 0 Å². The molecule has 2 aromatic rings. The van der Waals surface area contributed by atoms with Gasteiger partial charge in [-0.05, 0) is 47.9 Å². The fraction of sp³-hybridized carbons (Fsp3) is 0.200. The lowest BCUT2D eigenvalue weighted by Crippen LogP contribution is -2.12. The van der Waals surface area contributed by atoms with E-state index >= 15 is 0 Å². The predicted molar refractivity (Wildman–Crippen MR) is 75.2 cm³/mol. The third kappa shape index (κ3) is 3.06. The molecule has 0 aliphatic carbocycles. The average Bonchev–Trinajstić information content (AvgIpc) is 2.36. The van der Waals surface area contributed by atoms with Crippen LogP contribution >= 0.6 is 11.6 Å². The van der Waals surface area contributed by atoms with E-state index in [1.54, 1.807) is 18.2 Å². The number of ether oxygens (including phenoxy) is 1. The van der Waals surface area contributed by atoms with Crippen LogP contribution in [0.5, 0.6) is 5.75 Å². The normalized spacial score (nSPS) is 12.3. The Morgan fingerprint density at radius 1 is 1.16 bits per heavy atom. The van der Waals surface area contributed by atoms with E-state index in [4.69, 9.17) is 22.1 Å². The highest BCUT2D eigenvalue weighted by Crippen LogP contribution is 2.27. The van der Waals surface area contributed by atoms with Gasteiger partial charge in [0, 0.05) is 5.02 Å². The van der Waals surface area contributed by atoms with Crippen LogP contribution < -0.4 is 10.5 Å². The molecule has 0 radical (unpaired) electrons. The maximum absolute atomic E-state index is 13.7. The van der Waals surface area contributed by atoms with E-state index < -0.39 is 11.9 Å². The molecule has 2 N–H and O–H groups in total. The average molecular weight is 280 g/mol. The first-order valence-electron chi connectivity index (χ1n) is 5.87. The van der Waals surface area contributed by atoms with Gasteiger partial charge in [0.1, 0.15) is 0 Å². The summed E-state index contributed by atoms with van der Waals surface area (Å²) in [5.41, 5.74) is 8.71. The highest BCUT2D eigenvalue weighted by Gasteiger charge is 2.13. The maximum atomic E-state index is 13.7. The Hall–Kier alpha value is -1.58. The zero-order chi connectivity index (χ0) is 14.0. The first kappa shape index (κ1) is 13.8. The molecule has 2 nitrogen and oxygen atoms in total. The van der Waals surface area contributed by atoms with Crippen LogP contribution in [0.2, 0.25) is 5.02 Å². The van der Waals surface area contributed by atoms with Gasteiger partial charge in [-0.2, -0.15) is 0 Å². The summed E-state index contributed by atoms with van der Waals surface area (Å²) in [6, 6.07) is 9.88. The molecule has 0 aliphatic rings. The van der Waals surface area contributed by atoms with Crippen molar-refractivity contribution < 1.29 is 9.13 Å². The molecular weight excluding hydrogens is 265 g/mol. The quantitative estimate of drug-likeness (QED) is 0.926.